The van der Waals surface area contributed by atoms with Gasteiger partial charge in [-0.05, 0) is 32.4 Å². The lowest BCUT2D eigenvalue weighted by Crippen LogP contribution is -2.47. The van der Waals surface area contributed by atoms with E-state index in [-0.39, 0.29) is 25.2 Å². The van der Waals surface area contributed by atoms with E-state index in [9.17, 15) is 9.59 Å². The summed E-state index contributed by atoms with van der Waals surface area (Å²) in [5.41, 5.74) is 1.62. The second-order valence-electron chi connectivity index (χ2n) is 4.71. The third kappa shape index (κ3) is 4.87. The maximum Gasteiger partial charge on any atom is 0.323 e. The summed E-state index contributed by atoms with van der Waals surface area (Å²) in [7, 11) is 0. The Balaban J connectivity index is 2.64. The van der Waals surface area contributed by atoms with Crippen molar-refractivity contribution in [3.8, 4) is 0 Å². The number of rotatable bonds is 6. The molecule has 0 fully saturated rings. The molecule has 0 spiro atoms. The summed E-state index contributed by atoms with van der Waals surface area (Å²) >= 11 is 0. The maximum absolute atomic E-state index is 12.1. The van der Waals surface area contributed by atoms with Crippen LogP contribution in [0.5, 0.6) is 0 Å². The molecule has 0 aliphatic carbocycles. The SMILES string of the molecule is CCC(C)N(CC(=O)O)C(=O)NCc1cccc(C)n1. The van der Waals surface area contributed by atoms with Crippen molar-refractivity contribution in [1.29, 1.82) is 0 Å². The highest BCUT2D eigenvalue weighted by molar-refractivity contribution is 5.80. The van der Waals surface area contributed by atoms with Gasteiger partial charge in [-0.1, -0.05) is 13.0 Å². The minimum Gasteiger partial charge on any atom is -0.480 e. The van der Waals surface area contributed by atoms with Crippen molar-refractivity contribution in [3.05, 3.63) is 29.6 Å². The molecule has 1 rings (SSSR count). The van der Waals surface area contributed by atoms with Crippen LogP contribution in [0.2, 0.25) is 0 Å². The van der Waals surface area contributed by atoms with Crippen LogP contribution in [0.15, 0.2) is 18.2 Å². The van der Waals surface area contributed by atoms with E-state index in [1.165, 1.54) is 4.90 Å². The van der Waals surface area contributed by atoms with Crippen LogP contribution in [0, 0.1) is 6.92 Å². The van der Waals surface area contributed by atoms with Gasteiger partial charge in [-0.3, -0.25) is 9.78 Å². The summed E-state index contributed by atoms with van der Waals surface area (Å²) in [5, 5.41) is 11.6. The Kier molecular flexibility index (Phi) is 5.96. The molecule has 0 bridgehead atoms. The zero-order valence-corrected chi connectivity index (χ0v) is 12.1. The van der Waals surface area contributed by atoms with E-state index in [1.807, 2.05) is 39.0 Å². The van der Waals surface area contributed by atoms with Crippen LogP contribution in [0.4, 0.5) is 4.79 Å². The van der Waals surface area contributed by atoms with Gasteiger partial charge in [0.2, 0.25) is 0 Å². The van der Waals surface area contributed by atoms with E-state index in [0.29, 0.717) is 6.42 Å². The predicted molar refractivity (Wildman–Crippen MR) is 75.3 cm³/mol. The lowest BCUT2D eigenvalue weighted by molar-refractivity contribution is -0.138. The molecule has 6 nitrogen and oxygen atoms in total. The number of aromatic nitrogens is 1. The Morgan fingerprint density at radius 1 is 1.45 bits per heavy atom. The molecule has 2 amide bonds. The largest absolute Gasteiger partial charge is 0.480 e. The number of aliphatic carboxylic acids is 1. The molecule has 0 saturated heterocycles. The highest BCUT2D eigenvalue weighted by Gasteiger charge is 2.21. The van der Waals surface area contributed by atoms with Crippen LogP contribution >= 0.6 is 0 Å². The number of urea groups is 1. The molecular formula is C14H21N3O3. The first-order chi connectivity index (χ1) is 9.43. The molecule has 0 aliphatic rings. The molecule has 0 radical (unpaired) electrons. The fourth-order valence-corrected chi connectivity index (χ4v) is 1.76. The Hall–Kier alpha value is -2.11. The molecule has 1 unspecified atom stereocenters. The first kappa shape index (κ1) is 15.9. The molecule has 1 heterocycles. The molecule has 2 N–H and O–H groups in total. The average molecular weight is 279 g/mol. The molecule has 110 valence electrons. The maximum atomic E-state index is 12.1. The van der Waals surface area contributed by atoms with Crippen molar-refractivity contribution in [3.63, 3.8) is 0 Å². The van der Waals surface area contributed by atoms with Gasteiger partial charge in [0.1, 0.15) is 6.54 Å². The van der Waals surface area contributed by atoms with E-state index >= 15 is 0 Å². The van der Waals surface area contributed by atoms with E-state index < -0.39 is 5.97 Å². The normalized spacial score (nSPS) is 11.8. The lowest BCUT2D eigenvalue weighted by atomic mass is 10.2. The van der Waals surface area contributed by atoms with Gasteiger partial charge < -0.3 is 15.3 Å². The van der Waals surface area contributed by atoms with Crippen molar-refractivity contribution < 1.29 is 14.7 Å². The van der Waals surface area contributed by atoms with Crippen LogP contribution in [-0.2, 0) is 11.3 Å². The van der Waals surface area contributed by atoms with Gasteiger partial charge in [-0.2, -0.15) is 0 Å². The van der Waals surface area contributed by atoms with E-state index in [0.717, 1.165) is 11.4 Å². The van der Waals surface area contributed by atoms with E-state index in [4.69, 9.17) is 5.11 Å². The second kappa shape index (κ2) is 7.47. The molecule has 1 aromatic rings. The van der Waals surface area contributed by atoms with Crippen LogP contribution in [0.3, 0.4) is 0 Å². The Labute approximate surface area is 118 Å². The van der Waals surface area contributed by atoms with Crippen molar-refractivity contribution in [1.82, 2.24) is 15.2 Å². The topological polar surface area (TPSA) is 82.5 Å². The molecule has 0 saturated carbocycles. The summed E-state index contributed by atoms with van der Waals surface area (Å²) in [6.45, 7) is 5.60. The number of carboxylic acids is 1. The molecule has 1 atom stereocenters. The zero-order chi connectivity index (χ0) is 15.1. The standard InChI is InChI=1S/C14H21N3O3/c1-4-11(3)17(9-13(18)19)14(20)15-8-12-7-5-6-10(2)16-12/h5-7,11H,4,8-9H2,1-3H3,(H,15,20)(H,18,19). The molecule has 0 aliphatic heterocycles. The fourth-order valence-electron chi connectivity index (χ4n) is 1.76. The van der Waals surface area contributed by atoms with Gasteiger partial charge in [0.15, 0.2) is 0 Å². The quantitative estimate of drug-likeness (QED) is 0.831. The van der Waals surface area contributed by atoms with Crippen molar-refractivity contribution >= 4 is 12.0 Å². The van der Waals surface area contributed by atoms with Crippen LogP contribution in [0.1, 0.15) is 31.7 Å². The number of carbonyl (C=O) groups is 2. The van der Waals surface area contributed by atoms with E-state index in [2.05, 4.69) is 10.3 Å². The predicted octanol–water partition coefficient (Wildman–Crippen LogP) is 1.78. The van der Waals surface area contributed by atoms with Gasteiger partial charge in [0.25, 0.3) is 0 Å². The number of pyridine rings is 1. The number of nitrogens with one attached hydrogen (secondary N) is 1. The summed E-state index contributed by atoms with van der Waals surface area (Å²) < 4.78 is 0. The van der Waals surface area contributed by atoms with Gasteiger partial charge >= 0.3 is 12.0 Å². The van der Waals surface area contributed by atoms with E-state index in [1.54, 1.807) is 0 Å². The molecule has 0 aromatic carbocycles. The zero-order valence-electron chi connectivity index (χ0n) is 12.1. The summed E-state index contributed by atoms with van der Waals surface area (Å²) in [6, 6.07) is 5.05. The molecular weight excluding hydrogens is 258 g/mol. The number of nitrogens with zero attached hydrogens (tertiary/aromatic N) is 2. The molecule has 6 heteroatoms. The smallest absolute Gasteiger partial charge is 0.323 e. The van der Waals surface area contributed by atoms with Crippen molar-refractivity contribution in [2.75, 3.05) is 6.54 Å². The monoisotopic (exact) mass is 279 g/mol. The first-order valence-corrected chi connectivity index (χ1v) is 6.62. The Morgan fingerprint density at radius 2 is 2.15 bits per heavy atom. The van der Waals surface area contributed by atoms with Crippen LogP contribution in [-0.4, -0.2) is 39.6 Å². The van der Waals surface area contributed by atoms with Crippen molar-refractivity contribution in [2.24, 2.45) is 0 Å². The summed E-state index contributed by atoms with van der Waals surface area (Å²) in [5.74, 6) is -1.02. The minimum atomic E-state index is -1.02. The number of carbonyl (C=O) groups excluding carboxylic acids is 1. The lowest BCUT2D eigenvalue weighted by Gasteiger charge is -2.27. The Bertz CT molecular complexity index is 476. The second-order valence-corrected chi connectivity index (χ2v) is 4.71. The summed E-state index contributed by atoms with van der Waals surface area (Å²) in [4.78, 5) is 28.5. The number of aryl methyl sites for hydroxylation is 1. The number of hydrogen-bond acceptors (Lipinski definition) is 3. The first-order valence-electron chi connectivity index (χ1n) is 6.62. The Morgan fingerprint density at radius 3 is 2.70 bits per heavy atom. The highest BCUT2D eigenvalue weighted by Crippen LogP contribution is 2.04. The third-order valence-electron chi connectivity index (χ3n) is 3.06. The van der Waals surface area contributed by atoms with Crippen LogP contribution in [0.25, 0.3) is 0 Å². The minimum absolute atomic E-state index is 0.128. The molecule has 1 aromatic heterocycles. The van der Waals surface area contributed by atoms with Gasteiger partial charge in [-0.15, -0.1) is 0 Å². The number of carboxylic acid groups (broad SMARTS) is 1. The average Bonchev–Trinajstić information content (AvgIpc) is 2.41. The molecule has 20 heavy (non-hydrogen) atoms. The number of amides is 2. The third-order valence-corrected chi connectivity index (χ3v) is 3.06. The van der Waals surface area contributed by atoms with Crippen LogP contribution < -0.4 is 5.32 Å². The van der Waals surface area contributed by atoms with Crippen molar-refractivity contribution in [2.45, 2.75) is 39.8 Å². The highest BCUT2D eigenvalue weighted by atomic mass is 16.4. The van der Waals surface area contributed by atoms with Gasteiger partial charge in [-0.25, -0.2) is 4.79 Å². The fraction of sp³-hybridized carbons (Fsp3) is 0.500. The number of hydrogen-bond donors (Lipinski definition) is 2. The van der Waals surface area contributed by atoms with Gasteiger partial charge in [0, 0.05) is 11.7 Å². The summed E-state index contributed by atoms with van der Waals surface area (Å²) in [6.07, 6.45) is 0.698. The van der Waals surface area contributed by atoms with Gasteiger partial charge in [0.05, 0.1) is 12.2 Å².